The monoisotopic (exact) mass is 148 g/mol. The van der Waals surface area contributed by atoms with E-state index in [-0.39, 0.29) is 63.3 Å². The molecule has 2 nitrogen and oxygen atoms in total. The van der Waals surface area contributed by atoms with Crippen molar-refractivity contribution in [1.29, 1.82) is 0 Å². The zero-order valence-electron chi connectivity index (χ0n) is 3.68. The van der Waals surface area contributed by atoms with Gasteiger partial charge >= 0.3 is 51.4 Å². The van der Waals surface area contributed by atoms with Crippen molar-refractivity contribution in [3.8, 4) is 0 Å². The van der Waals surface area contributed by atoms with E-state index < -0.39 is 0 Å². The SMILES string of the molecule is CCCO[SH]=O.[KH]. The number of thiol groups is 1. The standard InChI is InChI=1S/C3H8O2S.K.H/c1-2-3-5-6-4;;/h6H,2-3H2,1H3;;. The molecule has 7 heavy (non-hydrogen) atoms. The van der Waals surface area contributed by atoms with Crippen molar-refractivity contribution < 1.29 is 8.39 Å². The molecule has 0 heterocycles. The first-order chi connectivity index (χ1) is 2.91. The molecule has 0 fully saturated rings. The summed E-state index contributed by atoms with van der Waals surface area (Å²) in [5, 5.41) is 0. The average Bonchev–Trinajstić information content (AvgIpc) is 1.61. The Bertz CT molecular complexity index is 41.9. The Hall–Kier alpha value is 1.75. The molecule has 0 radical (unpaired) electrons. The van der Waals surface area contributed by atoms with Crippen molar-refractivity contribution in [2.24, 2.45) is 0 Å². The van der Waals surface area contributed by atoms with Crippen molar-refractivity contribution in [3.63, 3.8) is 0 Å². The van der Waals surface area contributed by atoms with Crippen LogP contribution in [0.1, 0.15) is 13.3 Å². The number of hydrogen-bond donors (Lipinski definition) is 1. The van der Waals surface area contributed by atoms with Crippen molar-refractivity contribution in [1.82, 2.24) is 0 Å². The molecule has 0 aromatic rings. The summed E-state index contributed by atoms with van der Waals surface area (Å²) in [5.41, 5.74) is 0. The van der Waals surface area contributed by atoms with Gasteiger partial charge in [0, 0.05) is 0 Å². The molecule has 0 aliphatic rings. The first kappa shape index (κ1) is 11.5. The van der Waals surface area contributed by atoms with Gasteiger partial charge in [-0.1, -0.05) is 6.92 Å². The van der Waals surface area contributed by atoms with Crippen LogP contribution in [-0.4, -0.2) is 62.2 Å². The zero-order valence-corrected chi connectivity index (χ0v) is 4.57. The normalized spacial score (nSPS) is 7.57. The first-order valence-corrected chi connectivity index (χ1v) is 2.59. The van der Waals surface area contributed by atoms with Gasteiger partial charge < -0.3 is 0 Å². The molecule has 0 atom stereocenters. The molecular formula is C3H9KO2S. The summed E-state index contributed by atoms with van der Waals surface area (Å²) in [6.07, 6.45) is 0.926. The van der Waals surface area contributed by atoms with Crippen LogP contribution in [0.15, 0.2) is 0 Å². The molecule has 0 aliphatic heterocycles. The second-order valence-electron chi connectivity index (χ2n) is 0.908. The molecular weight excluding hydrogens is 139 g/mol. The zero-order chi connectivity index (χ0) is 4.83. The first-order valence-electron chi connectivity index (χ1n) is 1.86. The van der Waals surface area contributed by atoms with E-state index in [1.165, 1.54) is 0 Å². The van der Waals surface area contributed by atoms with Gasteiger partial charge in [-0.2, -0.15) is 0 Å². The molecule has 0 saturated heterocycles. The van der Waals surface area contributed by atoms with Crippen LogP contribution in [0.25, 0.3) is 0 Å². The molecule has 0 aromatic heterocycles. The van der Waals surface area contributed by atoms with E-state index in [1.54, 1.807) is 0 Å². The predicted molar refractivity (Wildman–Crippen MR) is 32.9 cm³/mol. The van der Waals surface area contributed by atoms with Gasteiger partial charge in [0.1, 0.15) is 11.9 Å². The van der Waals surface area contributed by atoms with Crippen LogP contribution in [0.3, 0.4) is 0 Å². The van der Waals surface area contributed by atoms with Gasteiger partial charge in [-0.3, -0.25) is 4.18 Å². The van der Waals surface area contributed by atoms with Gasteiger partial charge in [0.2, 0.25) is 0 Å². The minimum absolute atomic E-state index is 0. The molecule has 0 bridgehead atoms. The Morgan fingerprint density at radius 1 is 1.71 bits per heavy atom. The summed E-state index contributed by atoms with van der Waals surface area (Å²) >= 11 is -0.205. The Morgan fingerprint density at radius 2 is 2.29 bits per heavy atom. The topological polar surface area (TPSA) is 26.3 Å². The Balaban J connectivity index is 0. The molecule has 0 spiro atoms. The Labute approximate surface area is 90.1 Å². The molecule has 0 N–H and O–H groups in total. The maximum absolute atomic E-state index is 9.44. The van der Waals surface area contributed by atoms with Gasteiger partial charge in [-0.25, -0.2) is 4.21 Å². The second kappa shape index (κ2) is 10.7. The number of hydrogen-bond acceptors (Lipinski definition) is 2. The van der Waals surface area contributed by atoms with Crippen LogP contribution >= 0.6 is 0 Å². The molecule has 4 heteroatoms. The summed E-state index contributed by atoms with van der Waals surface area (Å²) in [7, 11) is 0. The van der Waals surface area contributed by atoms with Crippen LogP contribution in [0, 0.1) is 0 Å². The molecule has 0 rings (SSSR count). The van der Waals surface area contributed by atoms with Gasteiger partial charge in [0.25, 0.3) is 0 Å². The summed E-state index contributed by atoms with van der Waals surface area (Å²) in [5.74, 6) is 0. The molecule has 0 saturated carbocycles. The average molecular weight is 148 g/mol. The van der Waals surface area contributed by atoms with Crippen molar-refractivity contribution in [2.45, 2.75) is 13.3 Å². The van der Waals surface area contributed by atoms with Crippen LogP contribution in [-0.2, 0) is 16.1 Å². The van der Waals surface area contributed by atoms with Crippen molar-refractivity contribution in [2.75, 3.05) is 6.61 Å². The van der Waals surface area contributed by atoms with E-state index in [4.69, 9.17) is 0 Å². The molecule has 0 aliphatic carbocycles. The van der Waals surface area contributed by atoms with E-state index in [1.807, 2.05) is 6.92 Å². The van der Waals surface area contributed by atoms with E-state index >= 15 is 0 Å². The number of rotatable bonds is 3. The molecule has 0 aromatic carbocycles. The van der Waals surface area contributed by atoms with Gasteiger partial charge in [-0.15, -0.1) is 0 Å². The van der Waals surface area contributed by atoms with Crippen molar-refractivity contribution in [3.05, 3.63) is 0 Å². The van der Waals surface area contributed by atoms with Gasteiger partial charge in [0.15, 0.2) is 0 Å². The van der Waals surface area contributed by atoms with Gasteiger partial charge in [0.05, 0.1) is 6.61 Å². The molecule has 0 amide bonds. The second-order valence-corrected chi connectivity index (χ2v) is 1.32. The fourth-order valence-corrected chi connectivity index (χ4v) is 0.386. The predicted octanol–water partition coefficient (Wildman–Crippen LogP) is -0.375. The van der Waals surface area contributed by atoms with E-state index in [0.717, 1.165) is 6.42 Å². The van der Waals surface area contributed by atoms with E-state index in [9.17, 15) is 4.21 Å². The van der Waals surface area contributed by atoms with Crippen LogP contribution in [0.2, 0.25) is 0 Å². The molecule has 0 unspecified atom stereocenters. The van der Waals surface area contributed by atoms with Crippen LogP contribution < -0.4 is 0 Å². The minimum atomic E-state index is -0.205. The van der Waals surface area contributed by atoms with Crippen LogP contribution in [0.5, 0.6) is 0 Å². The third-order valence-corrected chi connectivity index (χ3v) is 0.636. The Morgan fingerprint density at radius 3 is 2.43 bits per heavy atom. The van der Waals surface area contributed by atoms with Crippen molar-refractivity contribution >= 4 is 63.3 Å². The molecule has 40 valence electrons. The third-order valence-electron chi connectivity index (χ3n) is 0.348. The van der Waals surface area contributed by atoms with Gasteiger partial charge in [-0.05, 0) is 6.42 Å². The maximum atomic E-state index is 9.44. The Kier molecular flexibility index (Phi) is 17.6. The summed E-state index contributed by atoms with van der Waals surface area (Å²) in [6.45, 7) is 2.55. The fourth-order valence-electron chi connectivity index (χ4n) is 0.129. The van der Waals surface area contributed by atoms with Crippen LogP contribution in [0.4, 0.5) is 0 Å². The van der Waals surface area contributed by atoms with E-state index in [0.29, 0.717) is 6.61 Å². The fraction of sp³-hybridized carbons (Fsp3) is 1.00. The van der Waals surface area contributed by atoms with E-state index in [2.05, 4.69) is 4.18 Å². The summed E-state index contributed by atoms with van der Waals surface area (Å²) in [4.78, 5) is 0. The third kappa shape index (κ3) is 11.4. The summed E-state index contributed by atoms with van der Waals surface area (Å²) in [6, 6.07) is 0. The quantitative estimate of drug-likeness (QED) is 0.336. The summed E-state index contributed by atoms with van der Waals surface area (Å²) < 4.78 is 13.8.